The van der Waals surface area contributed by atoms with Gasteiger partial charge in [-0.15, -0.1) is 0 Å². The van der Waals surface area contributed by atoms with Gasteiger partial charge in [0, 0.05) is 26.2 Å². The van der Waals surface area contributed by atoms with Crippen LogP contribution in [0.5, 0.6) is 0 Å². The Hall–Kier alpha value is -2.49. The molecule has 1 amide bonds. The van der Waals surface area contributed by atoms with Crippen LogP contribution in [-0.2, 0) is 6.54 Å². The molecule has 0 saturated heterocycles. The molecule has 4 heteroatoms. The third-order valence-electron chi connectivity index (χ3n) is 3.07. The molecular weight excluding hydrogens is 250 g/mol. The first-order chi connectivity index (χ1) is 9.58. The summed E-state index contributed by atoms with van der Waals surface area (Å²) in [6, 6.07) is 15.1. The zero-order chi connectivity index (χ0) is 14.5. The van der Waals surface area contributed by atoms with Crippen molar-refractivity contribution in [2.75, 3.05) is 24.7 Å². The Balaban J connectivity index is 2.04. The van der Waals surface area contributed by atoms with Gasteiger partial charge in [0.2, 0.25) is 0 Å². The highest BCUT2D eigenvalue weighted by Crippen LogP contribution is 2.22. The fraction of sp³-hybridized carbons (Fsp3) is 0.188. The SMILES string of the molecule is CN(C)c1ccc(C(=O)NCc2ccccc2)cc1N. The zero-order valence-electron chi connectivity index (χ0n) is 11.8. The number of rotatable bonds is 4. The first-order valence-corrected chi connectivity index (χ1v) is 6.47. The first kappa shape index (κ1) is 13.9. The number of nitrogen functional groups attached to an aromatic ring is 1. The van der Waals surface area contributed by atoms with Crippen LogP contribution in [0.4, 0.5) is 11.4 Å². The summed E-state index contributed by atoms with van der Waals surface area (Å²) < 4.78 is 0. The third-order valence-corrected chi connectivity index (χ3v) is 3.07. The van der Waals surface area contributed by atoms with Crippen molar-refractivity contribution in [2.24, 2.45) is 0 Å². The lowest BCUT2D eigenvalue weighted by molar-refractivity contribution is 0.0951. The maximum Gasteiger partial charge on any atom is 0.251 e. The summed E-state index contributed by atoms with van der Waals surface area (Å²) in [6.07, 6.45) is 0. The van der Waals surface area contributed by atoms with Crippen molar-refractivity contribution >= 4 is 17.3 Å². The number of nitrogens with one attached hydrogen (secondary N) is 1. The second-order valence-corrected chi connectivity index (χ2v) is 4.84. The van der Waals surface area contributed by atoms with Crippen LogP contribution in [0.1, 0.15) is 15.9 Å². The van der Waals surface area contributed by atoms with E-state index in [9.17, 15) is 4.79 Å². The van der Waals surface area contributed by atoms with Crippen molar-refractivity contribution < 1.29 is 4.79 Å². The van der Waals surface area contributed by atoms with Crippen molar-refractivity contribution in [2.45, 2.75) is 6.54 Å². The van der Waals surface area contributed by atoms with Crippen LogP contribution in [0.2, 0.25) is 0 Å². The number of amides is 1. The van der Waals surface area contributed by atoms with Crippen LogP contribution in [0, 0.1) is 0 Å². The number of carbonyl (C=O) groups is 1. The van der Waals surface area contributed by atoms with Gasteiger partial charge in [-0.2, -0.15) is 0 Å². The van der Waals surface area contributed by atoms with Crippen LogP contribution in [-0.4, -0.2) is 20.0 Å². The number of hydrogen-bond acceptors (Lipinski definition) is 3. The van der Waals surface area contributed by atoms with E-state index < -0.39 is 0 Å². The van der Waals surface area contributed by atoms with Crippen molar-refractivity contribution in [3.05, 3.63) is 59.7 Å². The maximum absolute atomic E-state index is 12.1. The highest BCUT2D eigenvalue weighted by molar-refractivity contribution is 5.96. The van der Waals surface area contributed by atoms with Gasteiger partial charge in [0.05, 0.1) is 11.4 Å². The van der Waals surface area contributed by atoms with Gasteiger partial charge in [-0.3, -0.25) is 4.79 Å². The second-order valence-electron chi connectivity index (χ2n) is 4.84. The van der Waals surface area contributed by atoms with E-state index in [0.717, 1.165) is 11.3 Å². The molecule has 0 heterocycles. The molecule has 0 aliphatic rings. The summed E-state index contributed by atoms with van der Waals surface area (Å²) in [5, 5.41) is 2.88. The molecule has 2 rings (SSSR count). The van der Waals surface area contributed by atoms with Crippen LogP contribution in [0.25, 0.3) is 0 Å². The minimum absolute atomic E-state index is 0.120. The molecule has 0 bridgehead atoms. The van der Waals surface area contributed by atoms with E-state index in [2.05, 4.69) is 5.32 Å². The van der Waals surface area contributed by atoms with Gasteiger partial charge in [0.25, 0.3) is 5.91 Å². The molecule has 0 atom stereocenters. The Labute approximate surface area is 119 Å². The molecule has 3 N–H and O–H groups in total. The summed E-state index contributed by atoms with van der Waals surface area (Å²) in [4.78, 5) is 14.0. The van der Waals surface area contributed by atoms with Crippen molar-refractivity contribution in [1.29, 1.82) is 0 Å². The average molecular weight is 269 g/mol. The van der Waals surface area contributed by atoms with Crippen molar-refractivity contribution in [3.63, 3.8) is 0 Å². The number of anilines is 2. The van der Waals surface area contributed by atoms with E-state index in [1.165, 1.54) is 0 Å². The predicted molar refractivity (Wildman–Crippen MR) is 82.8 cm³/mol. The van der Waals surface area contributed by atoms with Gasteiger partial charge < -0.3 is 16.0 Å². The minimum atomic E-state index is -0.120. The molecule has 0 aliphatic carbocycles. The van der Waals surface area contributed by atoms with Crippen LogP contribution in [0.15, 0.2) is 48.5 Å². The van der Waals surface area contributed by atoms with E-state index in [1.54, 1.807) is 12.1 Å². The smallest absolute Gasteiger partial charge is 0.251 e. The molecule has 2 aromatic rings. The zero-order valence-corrected chi connectivity index (χ0v) is 11.8. The molecule has 0 aliphatic heterocycles. The van der Waals surface area contributed by atoms with E-state index in [4.69, 9.17) is 5.73 Å². The number of hydrogen-bond donors (Lipinski definition) is 2. The molecule has 104 valence electrons. The lowest BCUT2D eigenvalue weighted by Gasteiger charge is -2.15. The maximum atomic E-state index is 12.1. The van der Waals surface area contributed by atoms with Gasteiger partial charge in [-0.25, -0.2) is 0 Å². The van der Waals surface area contributed by atoms with Crippen LogP contribution >= 0.6 is 0 Å². The summed E-state index contributed by atoms with van der Waals surface area (Å²) in [5.74, 6) is -0.120. The summed E-state index contributed by atoms with van der Waals surface area (Å²) >= 11 is 0. The highest BCUT2D eigenvalue weighted by atomic mass is 16.1. The molecule has 0 saturated carbocycles. The van der Waals surface area contributed by atoms with Crippen molar-refractivity contribution in [3.8, 4) is 0 Å². The van der Waals surface area contributed by atoms with E-state index in [-0.39, 0.29) is 5.91 Å². The number of nitrogens with zero attached hydrogens (tertiary/aromatic N) is 1. The molecular formula is C16H19N3O. The molecule has 2 aromatic carbocycles. The third kappa shape index (κ3) is 3.29. The lowest BCUT2D eigenvalue weighted by Crippen LogP contribution is -2.23. The Bertz CT molecular complexity index is 594. The van der Waals surface area contributed by atoms with Crippen LogP contribution in [0.3, 0.4) is 0 Å². The van der Waals surface area contributed by atoms with Gasteiger partial charge >= 0.3 is 0 Å². The Morgan fingerprint density at radius 1 is 1.15 bits per heavy atom. The molecule has 0 aromatic heterocycles. The molecule has 0 unspecified atom stereocenters. The van der Waals surface area contributed by atoms with Gasteiger partial charge in [-0.05, 0) is 23.8 Å². The Morgan fingerprint density at radius 2 is 1.85 bits per heavy atom. The largest absolute Gasteiger partial charge is 0.397 e. The number of carbonyl (C=O) groups excluding carboxylic acids is 1. The second kappa shape index (κ2) is 6.10. The van der Waals surface area contributed by atoms with E-state index in [1.807, 2.05) is 55.4 Å². The topological polar surface area (TPSA) is 58.4 Å². The van der Waals surface area contributed by atoms with E-state index in [0.29, 0.717) is 17.8 Å². The van der Waals surface area contributed by atoms with E-state index >= 15 is 0 Å². The van der Waals surface area contributed by atoms with Crippen LogP contribution < -0.4 is 16.0 Å². The highest BCUT2D eigenvalue weighted by Gasteiger charge is 2.08. The van der Waals surface area contributed by atoms with Gasteiger partial charge in [0.1, 0.15) is 0 Å². The molecule has 4 nitrogen and oxygen atoms in total. The fourth-order valence-corrected chi connectivity index (χ4v) is 1.98. The fourth-order valence-electron chi connectivity index (χ4n) is 1.98. The van der Waals surface area contributed by atoms with Crippen molar-refractivity contribution in [1.82, 2.24) is 5.32 Å². The number of benzene rings is 2. The normalized spacial score (nSPS) is 10.1. The summed E-state index contributed by atoms with van der Waals surface area (Å²) in [6.45, 7) is 0.509. The molecule has 0 fully saturated rings. The summed E-state index contributed by atoms with van der Waals surface area (Å²) in [5.41, 5.74) is 9.09. The Morgan fingerprint density at radius 3 is 2.45 bits per heavy atom. The summed E-state index contributed by atoms with van der Waals surface area (Å²) in [7, 11) is 3.84. The Kier molecular flexibility index (Phi) is 4.25. The van der Waals surface area contributed by atoms with Gasteiger partial charge in [-0.1, -0.05) is 30.3 Å². The predicted octanol–water partition coefficient (Wildman–Crippen LogP) is 2.26. The molecule has 0 radical (unpaired) electrons. The average Bonchev–Trinajstić information content (AvgIpc) is 2.45. The first-order valence-electron chi connectivity index (χ1n) is 6.47. The molecule has 0 spiro atoms. The number of nitrogens with two attached hydrogens (primary N) is 1. The quantitative estimate of drug-likeness (QED) is 0.837. The molecule has 20 heavy (non-hydrogen) atoms. The van der Waals surface area contributed by atoms with Gasteiger partial charge in [0.15, 0.2) is 0 Å². The minimum Gasteiger partial charge on any atom is -0.397 e. The standard InChI is InChI=1S/C16H19N3O/c1-19(2)15-9-8-13(10-14(15)17)16(20)18-11-12-6-4-3-5-7-12/h3-10H,11,17H2,1-2H3,(H,18,20). The monoisotopic (exact) mass is 269 g/mol. The lowest BCUT2D eigenvalue weighted by atomic mass is 10.1.